The van der Waals surface area contributed by atoms with Crippen LogP contribution in [0.2, 0.25) is 0 Å². The van der Waals surface area contributed by atoms with Gasteiger partial charge in [-0.15, -0.1) is 0 Å². The fraction of sp³-hybridized carbons (Fsp3) is 0.857. The molecule has 0 saturated heterocycles. The lowest BCUT2D eigenvalue weighted by Crippen LogP contribution is -2.55. The van der Waals surface area contributed by atoms with Crippen molar-refractivity contribution in [2.24, 2.45) is 11.8 Å². The highest BCUT2D eigenvalue weighted by molar-refractivity contribution is 5.79. The van der Waals surface area contributed by atoms with Crippen LogP contribution in [0.5, 0.6) is 0 Å². The molecule has 1 amide bonds. The van der Waals surface area contributed by atoms with E-state index in [4.69, 9.17) is 0 Å². The summed E-state index contributed by atoms with van der Waals surface area (Å²) in [5.74, 6) is -0.909. The maximum Gasteiger partial charge on any atom is 0.308 e. The van der Waals surface area contributed by atoms with Crippen LogP contribution in [-0.2, 0) is 9.59 Å². The van der Waals surface area contributed by atoms with E-state index in [1.54, 1.807) is 0 Å². The molecule has 3 atom stereocenters. The van der Waals surface area contributed by atoms with Crippen molar-refractivity contribution < 1.29 is 14.7 Å². The number of carboxylic acids is 1. The lowest BCUT2D eigenvalue weighted by molar-refractivity contribution is -0.146. The van der Waals surface area contributed by atoms with E-state index in [1.807, 2.05) is 13.8 Å². The Kier molecular flexibility index (Phi) is 5.17. The Morgan fingerprint density at radius 2 is 2.11 bits per heavy atom. The number of rotatable bonds is 5. The second kappa shape index (κ2) is 6.21. The normalized spacial score (nSPS) is 29.6. The van der Waals surface area contributed by atoms with Crippen LogP contribution in [0.3, 0.4) is 0 Å². The highest BCUT2D eigenvalue weighted by Gasteiger charge is 2.42. The zero-order valence-electron chi connectivity index (χ0n) is 11.7. The summed E-state index contributed by atoms with van der Waals surface area (Å²) in [5.41, 5.74) is -0.575. The van der Waals surface area contributed by atoms with Crippen molar-refractivity contribution in [2.45, 2.75) is 64.8 Å². The van der Waals surface area contributed by atoms with Gasteiger partial charge in [-0.1, -0.05) is 33.1 Å². The molecule has 1 saturated carbocycles. The Morgan fingerprint density at radius 1 is 1.44 bits per heavy atom. The van der Waals surface area contributed by atoms with Gasteiger partial charge in [0.05, 0.1) is 11.5 Å². The van der Waals surface area contributed by atoms with Crippen molar-refractivity contribution >= 4 is 11.9 Å². The molecule has 0 aromatic carbocycles. The van der Waals surface area contributed by atoms with Crippen molar-refractivity contribution in [1.82, 2.24) is 5.32 Å². The first-order valence-electron chi connectivity index (χ1n) is 6.93. The fourth-order valence-electron chi connectivity index (χ4n) is 2.71. The summed E-state index contributed by atoms with van der Waals surface area (Å²) in [6.45, 7) is 5.97. The Balaban J connectivity index is 2.66. The largest absolute Gasteiger partial charge is 0.481 e. The summed E-state index contributed by atoms with van der Waals surface area (Å²) in [6, 6.07) is 0. The molecule has 0 aromatic heterocycles. The molecule has 4 nitrogen and oxygen atoms in total. The summed E-state index contributed by atoms with van der Waals surface area (Å²) in [5, 5.41) is 12.2. The van der Waals surface area contributed by atoms with Gasteiger partial charge in [-0.2, -0.15) is 0 Å². The van der Waals surface area contributed by atoms with Gasteiger partial charge in [-0.3, -0.25) is 9.59 Å². The van der Waals surface area contributed by atoms with Gasteiger partial charge in [0, 0.05) is 6.42 Å². The monoisotopic (exact) mass is 255 g/mol. The summed E-state index contributed by atoms with van der Waals surface area (Å²) in [6.07, 6.45) is 4.80. The third kappa shape index (κ3) is 3.72. The van der Waals surface area contributed by atoms with Gasteiger partial charge < -0.3 is 10.4 Å². The number of carboxylic acid groups (broad SMARTS) is 1. The van der Waals surface area contributed by atoms with E-state index < -0.39 is 17.4 Å². The molecule has 1 fully saturated rings. The van der Waals surface area contributed by atoms with Crippen molar-refractivity contribution in [3.8, 4) is 0 Å². The molecule has 0 spiro atoms. The minimum absolute atomic E-state index is 0.0139. The van der Waals surface area contributed by atoms with Gasteiger partial charge >= 0.3 is 5.97 Å². The highest BCUT2D eigenvalue weighted by atomic mass is 16.4. The third-order valence-corrected chi connectivity index (χ3v) is 4.16. The van der Waals surface area contributed by atoms with E-state index in [0.29, 0.717) is 18.8 Å². The van der Waals surface area contributed by atoms with Gasteiger partial charge in [-0.05, 0) is 25.7 Å². The van der Waals surface area contributed by atoms with E-state index in [1.165, 1.54) is 0 Å². The molecule has 1 aliphatic carbocycles. The molecular formula is C14H25NO3. The second-order valence-corrected chi connectivity index (χ2v) is 5.82. The van der Waals surface area contributed by atoms with Crippen LogP contribution in [-0.4, -0.2) is 22.5 Å². The number of aliphatic carboxylic acids is 1. The van der Waals surface area contributed by atoms with E-state index in [0.717, 1.165) is 25.7 Å². The Bertz CT molecular complexity index is 316. The number of hydrogen-bond donors (Lipinski definition) is 2. The molecule has 3 unspecified atom stereocenters. The lowest BCUT2D eigenvalue weighted by Gasteiger charge is -2.40. The number of nitrogens with one attached hydrogen (secondary N) is 1. The van der Waals surface area contributed by atoms with E-state index >= 15 is 0 Å². The highest BCUT2D eigenvalue weighted by Crippen LogP contribution is 2.34. The van der Waals surface area contributed by atoms with E-state index in [2.05, 4.69) is 12.2 Å². The molecule has 0 bridgehead atoms. The summed E-state index contributed by atoms with van der Waals surface area (Å²) in [4.78, 5) is 23.2. The van der Waals surface area contributed by atoms with Crippen LogP contribution in [0, 0.1) is 11.8 Å². The first-order chi connectivity index (χ1) is 8.39. The van der Waals surface area contributed by atoms with Crippen LogP contribution < -0.4 is 5.32 Å². The summed E-state index contributed by atoms with van der Waals surface area (Å²) >= 11 is 0. The molecule has 0 aromatic rings. The molecule has 0 radical (unpaired) electrons. The second-order valence-electron chi connectivity index (χ2n) is 5.82. The standard InChI is InChI=1S/C14H25NO3/c1-4-10(2)9-12(16)15-14(3)8-6-5-7-11(14)13(17)18/h10-11H,4-9H2,1-3H3,(H,15,16)(H,17,18). The van der Waals surface area contributed by atoms with Crippen LogP contribution in [0.25, 0.3) is 0 Å². The Labute approximate surface area is 109 Å². The summed E-state index contributed by atoms with van der Waals surface area (Å²) < 4.78 is 0. The molecule has 1 rings (SSSR count). The molecule has 0 aliphatic heterocycles. The van der Waals surface area contributed by atoms with Crippen LogP contribution >= 0.6 is 0 Å². The lowest BCUT2D eigenvalue weighted by atomic mass is 9.73. The molecule has 0 heterocycles. The predicted octanol–water partition coefficient (Wildman–Crippen LogP) is 2.57. The van der Waals surface area contributed by atoms with Gasteiger partial charge in [0.2, 0.25) is 5.91 Å². The Morgan fingerprint density at radius 3 is 2.67 bits per heavy atom. The summed E-state index contributed by atoms with van der Waals surface area (Å²) in [7, 11) is 0. The van der Waals surface area contributed by atoms with Crippen molar-refractivity contribution in [1.29, 1.82) is 0 Å². The zero-order valence-corrected chi connectivity index (χ0v) is 11.7. The molecule has 18 heavy (non-hydrogen) atoms. The zero-order chi connectivity index (χ0) is 13.8. The predicted molar refractivity (Wildman–Crippen MR) is 70.2 cm³/mol. The molecule has 1 aliphatic rings. The fourth-order valence-corrected chi connectivity index (χ4v) is 2.71. The number of amides is 1. The number of carbonyl (C=O) groups excluding carboxylic acids is 1. The Hall–Kier alpha value is -1.06. The van der Waals surface area contributed by atoms with Crippen LogP contribution in [0.4, 0.5) is 0 Å². The SMILES string of the molecule is CCC(C)CC(=O)NC1(C)CCCCC1C(=O)O. The minimum atomic E-state index is -0.791. The van der Waals surface area contributed by atoms with Crippen LogP contribution in [0.1, 0.15) is 59.3 Å². The van der Waals surface area contributed by atoms with Crippen molar-refractivity contribution in [3.05, 3.63) is 0 Å². The van der Waals surface area contributed by atoms with E-state index in [-0.39, 0.29) is 5.91 Å². The quantitative estimate of drug-likeness (QED) is 0.793. The molecule has 104 valence electrons. The number of carbonyl (C=O) groups is 2. The molecule has 2 N–H and O–H groups in total. The third-order valence-electron chi connectivity index (χ3n) is 4.16. The van der Waals surface area contributed by atoms with Crippen molar-refractivity contribution in [3.63, 3.8) is 0 Å². The average molecular weight is 255 g/mol. The average Bonchev–Trinajstić information content (AvgIpc) is 2.27. The van der Waals surface area contributed by atoms with Gasteiger partial charge in [0.25, 0.3) is 0 Å². The van der Waals surface area contributed by atoms with Crippen molar-refractivity contribution in [2.75, 3.05) is 0 Å². The first-order valence-corrected chi connectivity index (χ1v) is 6.93. The smallest absolute Gasteiger partial charge is 0.308 e. The van der Waals surface area contributed by atoms with Gasteiger partial charge in [-0.25, -0.2) is 0 Å². The maximum atomic E-state index is 11.9. The maximum absolute atomic E-state index is 11.9. The molecule has 4 heteroatoms. The van der Waals surface area contributed by atoms with Crippen LogP contribution in [0.15, 0.2) is 0 Å². The topological polar surface area (TPSA) is 66.4 Å². The van der Waals surface area contributed by atoms with E-state index in [9.17, 15) is 14.7 Å². The minimum Gasteiger partial charge on any atom is -0.481 e. The van der Waals surface area contributed by atoms with Gasteiger partial charge in [0.15, 0.2) is 0 Å². The number of hydrogen-bond acceptors (Lipinski definition) is 2. The first kappa shape index (κ1) is 15.0. The molecular weight excluding hydrogens is 230 g/mol. The van der Waals surface area contributed by atoms with Gasteiger partial charge in [0.1, 0.15) is 0 Å².